The van der Waals surface area contributed by atoms with Crippen molar-refractivity contribution in [3.05, 3.63) is 100 Å². The summed E-state index contributed by atoms with van der Waals surface area (Å²) in [5.74, 6) is 0.829. The lowest BCUT2D eigenvalue weighted by Gasteiger charge is -1.90. The SMILES string of the molecule is Cc1cn[nH]c(=O)c1.Cc1cnc(C)nc1.Cc1cncc(N)c1.Cc1cncnc1. The van der Waals surface area contributed by atoms with Crippen LogP contribution in [0.2, 0.25) is 0 Å². The van der Waals surface area contributed by atoms with Crippen LogP contribution in [0.1, 0.15) is 28.1 Å². The number of rotatable bonds is 0. The standard InChI is InChI=1S/2C6H8N2.C5H6N2O.C5H6N2/c1-5-3-7-6(2)8-4-5;1-5-2-6(7)4-8-3-5;1-4-2-5(8)7-6-3-4;1-5-2-6-4-7-3-5/h3-4H,1-2H3;2-4H,7H2,1H3;2-3H,1H3,(H,7,8);2-4H,1H3. The molecular formula is C22H28N8O. The van der Waals surface area contributed by atoms with Crippen molar-refractivity contribution in [2.45, 2.75) is 34.6 Å². The van der Waals surface area contributed by atoms with Gasteiger partial charge in [-0.1, -0.05) is 0 Å². The van der Waals surface area contributed by atoms with Gasteiger partial charge in [-0.25, -0.2) is 25.0 Å². The Morgan fingerprint density at radius 2 is 1.23 bits per heavy atom. The summed E-state index contributed by atoms with van der Waals surface area (Å²) in [5.41, 5.74) is 10.2. The fraction of sp³-hybridized carbons (Fsp3) is 0.227. The van der Waals surface area contributed by atoms with Crippen LogP contribution in [-0.2, 0) is 0 Å². The Morgan fingerprint density at radius 1 is 0.677 bits per heavy atom. The fourth-order valence-electron chi connectivity index (χ4n) is 1.88. The van der Waals surface area contributed by atoms with Gasteiger partial charge in [-0.3, -0.25) is 9.78 Å². The first-order chi connectivity index (χ1) is 14.8. The third-order valence-electron chi connectivity index (χ3n) is 3.30. The number of nitrogens with one attached hydrogen (secondary N) is 1. The summed E-state index contributed by atoms with van der Waals surface area (Å²) in [5, 5.41) is 5.81. The second-order valence-corrected chi connectivity index (χ2v) is 6.64. The van der Waals surface area contributed by atoms with Crippen molar-refractivity contribution >= 4 is 5.69 Å². The van der Waals surface area contributed by atoms with Gasteiger partial charge in [0.05, 0.1) is 11.9 Å². The van der Waals surface area contributed by atoms with Crippen LogP contribution in [-0.4, -0.2) is 35.1 Å². The van der Waals surface area contributed by atoms with E-state index in [4.69, 9.17) is 5.73 Å². The number of H-pyrrole nitrogens is 1. The molecule has 162 valence electrons. The van der Waals surface area contributed by atoms with E-state index in [1.807, 2.05) is 53.1 Å². The van der Waals surface area contributed by atoms with Crippen molar-refractivity contribution in [1.29, 1.82) is 0 Å². The normalized spacial score (nSPS) is 9.06. The molecule has 0 saturated heterocycles. The quantitative estimate of drug-likeness (QED) is 0.443. The van der Waals surface area contributed by atoms with Crippen LogP contribution in [0.4, 0.5) is 5.69 Å². The van der Waals surface area contributed by atoms with E-state index in [1.54, 1.807) is 31.0 Å². The fourth-order valence-corrected chi connectivity index (χ4v) is 1.88. The van der Waals surface area contributed by atoms with E-state index in [0.29, 0.717) is 0 Å². The van der Waals surface area contributed by atoms with Crippen molar-refractivity contribution in [2.24, 2.45) is 0 Å². The molecule has 4 aromatic rings. The maximum Gasteiger partial charge on any atom is 0.264 e. The summed E-state index contributed by atoms with van der Waals surface area (Å²) in [4.78, 5) is 29.7. The third kappa shape index (κ3) is 12.9. The summed E-state index contributed by atoms with van der Waals surface area (Å²) in [6.07, 6.45) is 13.7. The van der Waals surface area contributed by atoms with E-state index in [0.717, 1.165) is 33.8 Å². The predicted molar refractivity (Wildman–Crippen MR) is 121 cm³/mol. The van der Waals surface area contributed by atoms with Gasteiger partial charge in [0.15, 0.2) is 0 Å². The van der Waals surface area contributed by atoms with Gasteiger partial charge in [-0.2, -0.15) is 5.10 Å². The van der Waals surface area contributed by atoms with Crippen LogP contribution in [0.15, 0.2) is 66.6 Å². The minimum absolute atomic E-state index is 0.148. The van der Waals surface area contributed by atoms with E-state index in [-0.39, 0.29) is 5.56 Å². The largest absolute Gasteiger partial charge is 0.397 e. The van der Waals surface area contributed by atoms with Crippen LogP contribution < -0.4 is 11.3 Å². The molecule has 0 aromatic carbocycles. The topological polar surface area (TPSA) is 136 Å². The monoisotopic (exact) mass is 420 g/mol. The third-order valence-corrected chi connectivity index (χ3v) is 3.30. The molecule has 31 heavy (non-hydrogen) atoms. The predicted octanol–water partition coefficient (Wildman–Crippen LogP) is 2.93. The summed E-state index contributed by atoms with van der Waals surface area (Å²) < 4.78 is 0. The molecule has 0 radical (unpaired) electrons. The molecule has 4 heterocycles. The van der Waals surface area contributed by atoms with Gasteiger partial charge in [0.2, 0.25) is 0 Å². The van der Waals surface area contributed by atoms with Gasteiger partial charge in [0.25, 0.3) is 5.56 Å². The Bertz CT molecular complexity index is 1030. The Kier molecular flexibility index (Phi) is 11.3. The number of nitrogens with two attached hydrogens (primary N) is 1. The maximum atomic E-state index is 10.4. The number of aromatic nitrogens is 7. The average molecular weight is 421 g/mol. The van der Waals surface area contributed by atoms with E-state index < -0.39 is 0 Å². The number of nitrogen functional groups attached to an aromatic ring is 1. The highest BCUT2D eigenvalue weighted by molar-refractivity contribution is 5.36. The Balaban J connectivity index is 0.000000207. The lowest BCUT2D eigenvalue weighted by atomic mass is 10.3. The summed E-state index contributed by atoms with van der Waals surface area (Å²) in [7, 11) is 0. The zero-order chi connectivity index (χ0) is 23.1. The molecule has 3 N–H and O–H groups in total. The van der Waals surface area contributed by atoms with Crippen LogP contribution in [0.5, 0.6) is 0 Å². The molecule has 0 bridgehead atoms. The van der Waals surface area contributed by atoms with Crippen LogP contribution in [0.25, 0.3) is 0 Å². The maximum absolute atomic E-state index is 10.4. The zero-order valence-corrected chi connectivity index (χ0v) is 18.4. The van der Waals surface area contributed by atoms with E-state index >= 15 is 0 Å². The molecule has 4 rings (SSSR count). The summed E-state index contributed by atoms with van der Waals surface area (Å²) in [6, 6.07) is 3.38. The minimum Gasteiger partial charge on any atom is -0.397 e. The molecular weight excluding hydrogens is 392 g/mol. The first kappa shape index (κ1) is 25.0. The van der Waals surface area contributed by atoms with E-state index in [9.17, 15) is 4.79 Å². The minimum atomic E-state index is -0.148. The van der Waals surface area contributed by atoms with Gasteiger partial charge in [0.1, 0.15) is 12.2 Å². The average Bonchev–Trinajstić information content (AvgIpc) is 2.72. The number of nitrogens with zero attached hydrogens (tertiary/aromatic N) is 6. The number of aryl methyl sites for hydroxylation is 5. The molecule has 0 unspecified atom stereocenters. The highest BCUT2D eigenvalue weighted by Crippen LogP contribution is 2.00. The van der Waals surface area contributed by atoms with Gasteiger partial charge in [-0.15, -0.1) is 0 Å². The molecule has 0 spiro atoms. The van der Waals surface area contributed by atoms with E-state index in [1.165, 1.54) is 12.4 Å². The zero-order valence-electron chi connectivity index (χ0n) is 18.4. The summed E-state index contributed by atoms with van der Waals surface area (Å²) >= 11 is 0. The Morgan fingerprint density at radius 3 is 1.58 bits per heavy atom. The smallest absolute Gasteiger partial charge is 0.264 e. The number of hydrogen-bond acceptors (Lipinski definition) is 8. The van der Waals surface area contributed by atoms with Crippen LogP contribution in [0.3, 0.4) is 0 Å². The van der Waals surface area contributed by atoms with Gasteiger partial charge >= 0.3 is 0 Å². The van der Waals surface area contributed by atoms with Crippen LogP contribution >= 0.6 is 0 Å². The number of anilines is 1. The van der Waals surface area contributed by atoms with Gasteiger partial charge in [-0.05, 0) is 62.9 Å². The Hall–Kier alpha value is -4.01. The second-order valence-electron chi connectivity index (χ2n) is 6.64. The first-order valence-electron chi connectivity index (χ1n) is 9.41. The molecule has 9 nitrogen and oxygen atoms in total. The molecule has 0 aliphatic heterocycles. The number of pyridine rings is 1. The van der Waals surface area contributed by atoms with Crippen molar-refractivity contribution in [3.63, 3.8) is 0 Å². The van der Waals surface area contributed by atoms with E-state index in [2.05, 4.69) is 35.1 Å². The highest BCUT2D eigenvalue weighted by atomic mass is 16.1. The van der Waals surface area contributed by atoms with Crippen molar-refractivity contribution in [3.8, 4) is 0 Å². The molecule has 0 saturated carbocycles. The molecule has 0 fully saturated rings. The molecule has 4 aromatic heterocycles. The molecule has 0 amide bonds. The lowest BCUT2D eigenvalue weighted by molar-refractivity contribution is 0.974. The van der Waals surface area contributed by atoms with Crippen molar-refractivity contribution in [2.75, 3.05) is 5.73 Å². The molecule has 9 heteroatoms. The van der Waals surface area contributed by atoms with Crippen molar-refractivity contribution in [1.82, 2.24) is 35.1 Å². The Labute approximate surface area is 181 Å². The molecule has 0 aliphatic rings. The van der Waals surface area contributed by atoms with Gasteiger partial charge < -0.3 is 5.73 Å². The highest BCUT2D eigenvalue weighted by Gasteiger charge is 1.83. The van der Waals surface area contributed by atoms with Crippen molar-refractivity contribution < 1.29 is 0 Å². The first-order valence-corrected chi connectivity index (χ1v) is 9.41. The summed E-state index contributed by atoms with van der Waals surface area (Å²) in [6.45, 7) is 9.59. The van der Waals surface area contributed by atoms with Gasteiger partial charge in [0, 0.05) is 43.2 Å². The number of aromatic amines is 1. The van der Waals surface area contributed by atoms with Crippen LogP contribution in [0, 0.1) is 34.6 Å². The molecule has 0 aliphatic carbocycles. The molecule has 0 atom stereocenters. The number of hydrogen-bond donors (Lipinski definition) is 2. The lowest BCUT2D eigenvalue weighted by Crippen LogP contribution is -2.05. The second kappa shape index (κ2) is 14.0.